The molecule has 2 N–H and O–H groups in total. The van der Waals surface area contributed by atoms with Crippen molar-refractivity contribution in [1.82, 2.24) is 15.2 Å². The van der Waals surface area contributed by atoms with Gasteiger partial charge in [0.25, 0.3) is 5.91 Å². The van der Waals surface area contributed by atoms with Crippen molar-refractivity contribution < 1.29 is 23.0 Å². The van der Waals surface area contributed by atoms with Gasteiger partial charge in [0.15, 0.2) is 0 Å². The van der Waals surface area contributed by atoms with E-state index in [0.29, 0.717) is 0 Å². The fraction of sp³-hybridized carbons (Fsp3) is 0.182. The number of aromatic nitrogens is 3. The fourth-order valence-corrected chi connectivity index (χ4v) is 1.42. The van der Waals surface area contributed by atoms with Crippen LogP contribution in [0, 0.1) is 0 Å². The molecular weight excluding hydrogens is 274 g/mol. The second-order valence-electron chi connectivity index (χ2n) is 3.50. The third-order valence-corrected chi connectivity index (χ3v) is 2.23. The van der Waals surface area contributed by atoms with Gasteiger partial charge < -0.3 is 9.47 Å². The zero-order chi connectivity index (χ0) is 14.5. The summed E-state index contributed by atoms with van der Waals surface area (Å²) in [5, 5.41) is 8.39. The van der Waals surface area contributed by atoms with Gasteiger partial charge in [0, 0.05) is 0 Å². The molecule has 2 aromatic rings. The molecule has 0 atom stereocenters. The maximum absolute atomic E-state index is 12.2. The summed E-state index contributed by atoms with van der Waals surface area (Å²) in [7, 11) is 1.36. The number of aromatic amines is 1. The van der Waals surface area contributed by atoms with Crippen LogP contribution in [0.2, 0.25) is 0 Å². The zero-order valence-corrected chi connectivity index (χ0v) is 10.3. The molecule has 9 heteroatoms. The highest BCUT2D eigenvalue weighted by Crippen LogP contribution is 2.21. The van der Waals surface area contributed by atoms with Crippen molar-refractivity contribution in [3.8, 4) is 11.8 Å². The number of ether oxygens (including phenoxy) is 2. The SMILES string of the molecule is COc1n[nH]c(NC(=O)c2ccccc2OC(F)F)n1. The van der Waals surface area contributed by atoms with Crippen LogP contribution in [0.4, 0.5) is 14.7 Å². The van der Waals surface area contributed by atoms with E-state index in [0.717, 1.165) is 0 Å². The number of para-hydroxylation sites is 1. The maximum atomic E-state index is 12.2. The number of nitrogens with one attached hydrogen (secondary N) is 2. The second kappa shape index (κ2) is 5.95. The van der Waals surface area contributed by atoms with E-state index in [1.807, 2.05) is 0 Å². The van der Waals surface area contributed by atoms with Gasteiger partial charge in [-0.25, -0.2) is 5.10 Å². The summed E-state index contributed by atoms with van der Waals surface area (Å²) < 4.78 is 33.5. The minimum absolute atomic E-state index is 0.0266. The van der Waals surface area contributed by atoms with Crippen molar-refractivity contribution in [2.75, 3.05) is 12.4 Å². The topological polar surface area (TPSA) is 89.1 Å². The molecule has 0 spiro atoms. The quantitative estimate of drug-likeness (QED) is 0.871. The Morgan fingerprint density at radius 1 is 1.40 bits per heavy atom. The molecule has 0 saturated carbocycles. The summed E-state index contributed by atoms with van der Waals surface area (Å²) in [4.78, 5) is 15.7. The van der Waals surface area contributed by atoms with Crippen LogP contribution in [-0.4, -0.2) is 34.8 Å². The monoisotopic (exact) mass is 284 g/mol. The van der Waals surface area contributed by atoms with Gasteiger partial charge in [-0.15, -0.1) is 5.10 Å². The number of alkyl halides is 2. The van der Waals surface area contributed by atoms with Crippen LogP contribution in [-0.2, 0) is 0 Å². The first kappa shape index (κ1) is 13.7. The summed E-state index contributed by atoms with van der Waals surface area (Å²) in [6.07, 6.45) is 0. The Kier molecular flexibility index (Phi) is 4.08. The van der Waals surface area contributed by atoms with Crippen LogP contribution >= 0.6 is 0 Å². The Morgan fingerprint density at radius 3 is 2.80 bits per heavy atom. The number of halogens is 2. The zero-order valence-electron chi connectivity index (χ0n) is 10.3. The molecule has 20 heavy (non-hydrogen) atoms. The Balaban J connectivity index is 2.16. The van der Waals surface area contributed by atoms with Gasteiger partial charge in [-0.1, -0.05) is 12.1 Å². The molecule has 0 bridgehead atoms. The molecule has 0 fully saturated rings. The molecule has 0 aliphatic heterocycles. The number of hydrogen-bond acceptors (Lipinski definition) is 5. The summed E-state index contributed by atoms with van der Waals surface area (Å²) >= 11 is 0. The fourth-order valence-electron chi connectivity index (χ4n) is 1.42. The highest BCUT2D eigenvalue weighted by molar-refractivity contribution is 6.05. The van der Waals surface area contributed by atoms with Crippen LogP contribution in [0.15, 0.2) is 24.3 Å². The van der Waals surface area contributed by atoms with E-state index in [1.54, 1.807) is 0 Å². The Morgan fingerprint density at radius 2 is 2.15 bits per heavy atom. The van der Waals surface area contributed by atoms with Crippen LogP contribution in [0.25, 0.3) is 0 Å². The van der Waals surface area contributed by atoms with Gasteiger partial charge >= 0.3 is 12.6 Å². The molecule has 0 unspecified atom stereocenters. The summed E-state index contributed by atoms with van der Waals surface area (Å²) in [6, 6.07) is 5.65. The molecule has 7 nitrogen and oxygen atoms in total. The number of benzene rings is 1. The second-order valence-corrected chi connectivity index (χ2v) is 3.50. The first-order chi connectivity index (χ1) is 9.60. The Hall–Kier alpha value is -2.71. The van der Waals surface area contributed by atoms with Crippen molar-refractivity contribution in [3.05, 3.63) is 29.8 Å². The molecule has 1 amide bonds. The Bertz CT molecular complexity index is 603. The average Bonchev–Trinajstić information content (AvgIpc) is 2.86. The summed E-state index contributed by atoms with van der Waals surface area (Å²) in [5.74, 6) is -0.870. The van der Waals surface area contributed by atoms with Crippen molar-refractivity contribution in [3.63, 3.8) is 0 Å². The van der Waals surface area contributed by atoms with Crippen LogP contribution in [0.5, 0.6) is 11.8 Å². The number of hydrogen-bond donors (Lipinski definition) is 2. The molecule has 0 aliphatic carbocycles. The molecule has 0 radical (unpaired) electrons. The lowest BCUT2D eigenvalue weighted by molar-refractivity contribution is -0.0501. The number of methoxy groups -OCH3 is 1. The molecule has 1 aromatic heterocycles. The largest absolute Gasteiger partial charge is 0.466 e. The normalized spacial score (nSPS) is 10.4. The van der Waals surface area contributed by atoms with Gasteiger partial charge in [-0.2, -0.15) is 13.8 Å². The van der Waals surface area contributed by atoms with Gasteiger partial charge in [-0.3, -0.25) is 10.1 Å². The van der Waals surface area contributed by atoms with Gasteiger partial charge in [0.2, 0.25) is 5.95 Å². The standard InChI is InChI=1S/C11H10F2N4O3/c1-19-11-15-10(16-17-11)14-8(18)6-4-2-3-5-7(6)20-9(12)13/h2-5,9H,1H3,(H2,14,15,16,17,18). The molecule has 0 aliphatic rings. The van der Waals surface area contributed by atoms with E-state index in [2.05, 4.69) is 25.2 Å². The van der Waals surface area contributed by atoms with E-state index in [1.165, 1.54) is 31.4 Å². The van der Waals surface area contributed by atoms with E-state index in [9.17, 15) is 13.6 Å². The van der Waals surface area contributed by atoms with Crippen molar-refractivity contribution in [2.45, 2.75) is 6.61 Å². The van der Waals surface area contributed by atoms with E-state index >= 15 is 0 Å². The smallest absolute Gasteiger partial charge is 0.387 e. The lowest BCUT2D eigenvalue weighted by Crippen LogP contribution is -2.15. The average molecular weight is 284 g/mol. The third-order valence-electron chi connectivity index (χ3n) is 2.23. The van der Waals surface area contributed by atoms with Gasteiger partial charge in [0.1, 0.15) is 5.75 Å². The summed E-state index contributed by atoms with van der Waals surface area (Å²) in [6.45, 7) is -3.02. The molecule has 1 heterocycles. The third kappa shape index (κ3) is 3.19. The number of nitrogens with zero attached hydrogens (tertiary/aromatic N) is 2. The number of anilines is 1. The van der Waals surface area contributed by atoms with Crippen LogP contribution in [0.1, 0.15) is 10.4 Å². The number of carbonyl (C=O) groups excluding carboxylic acids is 1. The first-order valence-corrected chi connectivity index (χ1v) is 5.41. The number of H-pyrrole nitrogens is 1. The molecule has 0 saturated heterocycles. The molecule has 1 aromatic carbocycles. The molecule has 106 valence electrons. The van der Waals surface area contributed by atoms with Crippen molar-refractivity contribution in [1.29, 1.82) is 0 Å². The molecule has 2 rings (SSSR count). The van der Waals surface area contributed by atoms with Crippen molar-refractivity contribution >= 4 is 11.9 Å². The predicted octanol–water partition coefficient (Wildman–Crippen LogP) is 1.67. The Labute approximate surface area is 111 Å². The minimum atomic E-state index is -3.02. The lowest BCUT2D eigenvalue weighted by Gasteiger charge is -2.09. The summed E-state index contributed by atoms with van der Waals surface area (Å²) in [5.41, 5.74) is -0.0526. The number of amides is 1. The highest BCUT2D eigenvalue weighted by atomic mass is 19.3. The van der Waals surface area contributed by atoms with Crippen LogP contribution < -0.4 is 14.8 Å². The lowest BCUT2D eigenvalue weighted by atomic mass is 10.2. The molecular formula is C11H10F2N4O3. The van der Waals surface area contributed by atoms with Gasteiger partial charge in [0.05, 0.1) is 12.7 Å². The highest BCUT2D eigenvalue weighted by Gasteiger charge is 2.16. The first-order valence-electron chi connectivity index (χ1n) is 5.41. The minimum Gasteiger partial charge on any atom is -0.466 e. The predicted molar refractivity (Wildman–Crippen MR) is 64.0 cm³/mol. The number of carbonyl (C=O) groups is 1. The van der Waals surface area contributed by atoms with E-state index in [-0.39, 0.29) is 23.3 Å². The number of rotatable bonds is 5. The maximum Gasteiger partial charge on any atom is 0.387 e. The van der Waals surface area contributed by atoms with Gasteiger partial charge in [-0.05, 0) is 12.1 Å². The van der Waals surface area contributed by atoms with E-state index < -0.39 is 12.5 Å². The van der Waals surface area contributed by atoms with Crippen molar-refractivity contribution in [2.24, 2.45) is 0 Å². The van der Waals surface area contributed by atoms with E-state index in [4.69, 9.17) is 4.74 Å². The van der Waals surface area contributed by atoms with Crippen LogP contribution in [0.3, 0.4) is 0 Å².